The predicted octanol–water partition coefficient (Wildman–Crippen LogP) is 2.51. The molecule has 0 spiro atoms. The van der Waals surface area contributed by atoms with Gasteiger partial charge in [0.05, 0.1) is 10.7 Å². The van der Waals surface area contributed by atoms with E-state index in [2.05, 4.69) is 34.5 Å². The number of carbonyl (C=O) groups excluding carboxylic acids is 1. The Labute approximate surface area is 161 Å². The Hall–Kier alpha value is -1.63. The van der Waals surface area contributed by atoms with Crippen molar-refractivity contribution in [1.29, 1.82) is 0 Å². The van der Waals surface area contributed by atoms with Gasteiger partial charge in [-0.3, -0.25) is 9.79 Å². The number of nitrogens with zero attached hydrogens (tertiary/aromatic N) is 3. The van der Waals surface area contributed by atoms with Gasteiger partial charge in [-0.05, 0) is 39.5 Å². The van der Waals surface area contributed by atoms with Crippen molar-refractivity contribution in [2.45, 2.75) is 53.4 Å². The minimum absolute atomic E-state index is 0.244. The highest BCUT2D eigenvalue weighted by atomic mass is 32.1. The Morgan fingerprint density at radius 2 is 2.19 bits per heavy atom. The Morgan fingerprint density at radius 3 is 2.85 bits per heavy atom. The molecule has 1 fully saturated rings. The molecule has 2 heterocycles. The second-order valence-electron chi connectivity index (χ2n) is 7.02. The van der Waals surface area contributed by atoms with Gasteiger partial charge in [-0.25, -0.2) is 4.98 Å². The molecule has 1 atom stereocenters. The van der Waals surface area contributed by atoms with Crippen molar-refractivity contribution >= 4 is 23.2 Å². The van der Waals surface area contributed by atoms with E-state index >= 15 is 0 Å². The largest absolute Gasteiger partial charge is 0.357 e. The van der Waals surface area contributed by atoms with Crippen LogP contribution in [0, 0.1) is 19.8 Å². The average molecular weight is 380 g/mol. The summed E-state index contributed by atoms with van der Waals surface area (Å²) < 4.78 is 0. The second kappa shape index (κ2) is 10.5. The summed E-state index contributed by atoms with van der Waals surface area (Å²) in [5.74, 6) is 1.64. The SMILES string of the molecule is CCNC(=NCCc1nc(C)c(C)s1)NCCC(=O)N1CCCC(C)C1. The number of nitrogens with one attached hydrogen (secondary N) is 2. The maximum Gasteiger partial charge on any atom is 0.224 e. The van der Waals surface area contributed by atoms with Gasteiger partial charge in [0.25, 0.3) is 0 Å². The van der Waals surface area contributed by atoms with Gasteiger partial charge in [0.1, 0.15) is 0 Å². The van der Waals surface area contributed by atoms with Gasteiger partial charge in [-0.15, -0.1) is 11.3 Å². The standard InChI is InChI=1S/C19H33N5OS/c1-5-20-19(21-10-8-17-23-15(3)16(4)26-17)22-11-9-18(25)24-12-6-7-14(2)13-24/h14H,5-13H2,1-4H3,(H2,20,21,22). The summed E-state index contributed by atoms with van der Waals surface area (Å²) in [5.41, 5.74) is 1.12. The number of aryl methyl sites for hydroxylation is 2. The van der Waals surface area contributed by atoms with Crippen LogP contribution in [0.1, 0.15) is 48.7 Å². The Morgan fingerprint density at radius 1 is 1.38 bits per heavy atom. The molecule has 1 amide bonds. The number of likely N-dealkylation sites (tertiary alicyclic amines) is 1. The van der Waals surface area contributed by atoms with Crippen LogP contribution in [0.25, 0.3) is 0 Å². The molecule has 0 aromatic carbocycles. The van der Waals surface area contributed by atoms with E-state index in [4.69, 9.17) is 0 Å². The molecule has 1 aromatic heterocycles. The highest BCUT2D eigenvalue weighted by molar-refractivity contribution is 7.11. The fraction of sp³-hybridized carbons (Fsp3) is 0.737. The van der Waals surface area contributed by atoms with E-state index in [1.54, 1.807) is 11.3 Å². The van der Waals surface area contributed by atoms with Crippen molar-refractivity contribution < 1.29 is 4.79 Å². The number of aromatic nitrogens is 1. The first-order chi connectivity index (χ1) is 12.5. The van der Waals surface area contributed by atoms with Crippen LogP contribution < -0.4 is 10.6 Å². The summed E-state index contributed by atoms with van der Waals surface area (Å²) in [6, 6.07) is 0. The number of hydrogen-bond donors (Lipinski definition) is 2. The number of carbonyl (C=O) groups is 1. The van der Waals surface area contributed by atoms with Crippen molar-refractivity contribution in [3.63, 3.8) is 0 Å². The molecular formula is C19H33N5OS. The van der Waals surface area contributed by atoms with Crippen LogP contribution in [-0.2, 0) is 11.2 Å². The van der Waals surface area contributed by atoms with Crippen molar-refractivity contribution in [1.82, 2.24) is 20.5 Å². The quantitative estimate of drug-likeness (QED) is 0.564. The lowest BCUT2D eigenvalue weighted by molar-refractivity contribution is -0.132. The van der Waals surface area contributed by atoms with E-state index in [1.165, 1.54) is 11.3 Å². The van der Waals surface area contributed by atoms with Crippen molar-refractivity contribution in [3.05, 3.63) is 15.6 Å². The summed E-state index contributed by atoms with van der Waals surface area (Å²) in [6.07, 6.45) is 3.72. The molecule has 1 aromatic rings. The van der Waals surface area contributed by atoms with E-state index in [0.717, 1.165) is 49.1 Å². The molecule has 1 saturated heterocycles. The fourth-order valence-corrected chi connectivity index (χ4v) is 4.04. The van der Waals surface area contributed by atoms with E-state index in [0.29, 0.717) is 25.4 Å². The van der Waals surface area contributed by atoms with Crippen molar-refractivity contribution in [2.24, 2.45) is 10.9 Å². The summed E-state index contributed by atoms with van der Waals surface area (Å²) in [5, 5.41) is 7.66. The molecule has 0 aliphatic carbocycles. The lowest BCUT2D eigenvalue weighted by Gasteiger charge is -2.31. The van der Waals surface area contributed by atoms with Gasteiger partial charge in [0.2, 0.25) is 5.91 Å². The molecule has 2 N–H and O–H groups in total. The van der Waals surface area contributed by atoms with Crippen LogP contribution in [0.15, 0.2) is 4.99 Å². The summed E-state index contributed by atoms with van der Waals surface area (Å²) >= 11 is 1.75. The number of piperidine rings is 1. The molecule has 0 bridgehead atoms. The van der Waals surface area contributed by atoms with Crippen LogP contribution >= 0.6 is 11.3 Å². The van der Waals surface area contributed by atoms with Crippen LogP contribution in [0.5, 0.6) is 0 Å². The molecule has 1 unspecified atom stereocenters. The first-order valence-electron chi connectivity index (χ1n) is 9.72. The third-order valence-electron chi connectivity index (χ3n) is 4.65. The minimum atomic E-state index is 0.244. The molecule has 2 rings (SSSR count). The topological polar surface area (TPSA) is 69.6 Å². The van der Waals surface area contributed by atoms with Crippen molar-refractivity contribution in [3.8, 4) is 0 Å². The maximum absolute atomic E-state index is 12.3. The first-order valence-corrected chi connectivity index (χ1v) is 10.5. The van der Waals surface area contributed by atoms with Gasteiger partial charge in [-0.2, -0.15) is 0 Å². The van der Waals surface area contributed by atoms with Crippen LogP contribution in [0.3, 0.4) is 0 Å². The van der Waals surface area contributed by atoms with E-state index in [-0.39, 0.29) is 5.91 Å². The van der Waals surface area contributed by atoms with Gasteiger partial charge in [0, 0.05) is 50.4 Å². The number of hydrogen-bond acceptors (Lipinski definition) is 4. The normalized spacial score (nSPS) is 18.1. The highest BCUT2D eigenvalue weighted by Gasteiger charge is 2.20. The average Bonchev–Trinajstić information content (AvgIpc) is 2.92. The third kappa shape index (κ3) is 6.59. The second-order valence-corrected chi connectivity index (χ2v) is 8.31. The summed E-state index contributed by atoms with van der Waals surface area (Å²) in [6.45, 7) is 12.3. The van der Waals surface area contributed by atoms with E-state index in [1.807, 2.05) is 18.7 Å². The summed E-state index contributed by atoms with van der Waals surface area (Å²) in [4.78, 5) is 24.8. The molecule has 146 valence electrons. The molecule has 7 heteroatoms. The third-order valence-corrected chi connectivity index (χ3v) is 5.79. The zero-order chi connectivity index (χ0) is 18.9. The number of thiazole rings is 1. The van der Waals surface area contributed by atoms with Gasteiger partial charge in [0.15, 0.2) is 5.96 Å². The van der Waals surface area contributed by atoms with Crippen LogP contribution in [-0.4, -0.2) is 54.5 Å². The minimum Gasteiger partial charge on any atom is -0.357 e. The lowest BCUT2D eigenvalue weighted by atomic mass is 10.00. The number of rotatable bonds is 7. The van der Waals surface area contributed by atoms with Crippen LogP contribution in [0.4, 0.5) is 0 Å². The van der Waals surface area contributed by atoms with Gasteiger partial charge in [-0.1, -0.05) is 6.92 Å². The maximum atomic E-state index is 12.3. The predicted molar refractivity (Wildman–Crippen MR) is 109 cm³/mol. The number of amides is 1. The Balaban J connectivity index is 1.75. The highest BCUT2D eigenvalue weighted by Crippen LogP contribution is 2.17. The molecule has 0 saturated carbocycles. The van der Waals surface area contributed by atoms with Gasteiger partial charge < -0.3 is 15.5 Å². The smallest absolute Gasteiger partial charge is 0.224 e. The molecule has 0 radical (unpaired) electrons. The van der Waals surface area contributed by atoms with Gasteiger partial charge >= 0.3 is 0 Å². The fourth-order valence-electron chi connectivity index (χ4n) is 3.11. The molecule has 1 aliphatic heterocycles. The molecular weight excluding hydrogens is 346 g/mol. The van der Waals surface area contributed by atoms with E-state index in [9.17, 15) is 4.79 Å². The lowest BCUT2D eigenvalue weighted by Crippen LogP contribution is -2.42. The molecule has 26 heavy (non-hydrogen) atoms. The van der Waals surface area contributed by atoms with Crippen LogP contribution in [0.2, 0.25) is 0 Å². The first kappa shape index (κ1) is 20.7. The van der Waals surface area contributed by atoms with Crippen molar-refractivity contribution in [2.75, 3.05) is 32.7 Å². The molecule has 6 nitrogen and oxygen atoms in total. The zero-order valence-corrected chi connectivity index (χ0v) is 17.4. The zero-order valence-electron chi connectivity index (χ0n) is 16.6. The number of aliphatic imine (C=N–C) groups is 1. The number of guanidine groups is 1. The van der Waals surface area contributed by atoms with E-state index < -0.39 is 0 Å². The Bertz CT molecular complexity index is 594. The molecule has 1 aliphatic rings. The monoisotopic (exact) mass is 379 g/mol. The Kier molecular flexibility index (Phi) is 8.35. The summed E-state index contributed by atoms with van der Waals surface area (Å²) in [7, 11) is 0.